The van der Waals surface area contributed by atoms with Crippen molar-refractivity contribution in [3.05, 3.63) is 60.2 Å². The van der Waals surface area contributed by atoms with Gasteiger partial charge in [0.05, 0.1) is 12.2 Å². The lowest BCUT2D eigenvalue weighted by molar-refractivity contribution is -0.115. The van der Waals surface area contributed by atoms with Crippen LogP contribution in [0.4, 0.5) is 5.69 Å². The number of rotatable bonds is 4. The quantitative estimate of drug-likeness (QED) is 0.756. The van der Waals surface area contributed by atoms with E-state index in [1.165, 1.54) is 0 Å². The number of benzene rings is 2. The summed E-state index contributed by atoms with van der Waals surface area (Å²) in [6.45, 7) is -0.0875. The fraction of sp³-hybridized carbons (Fsp3) is 0.0667. The molecule has 0 aliphatic heterocycles. The molecule has 0 aliphatic carbocycles. The van der Waals surface area contributed by atoms with E-state index in [1.54, 1.807) is 42.5 Å². The van der Waals surface area contributed by atoms with Crippen molar-refractivity contribution in [2.75, 3.05) is 11.9 Å². The van der Waals surface area contributed by atoms with Gasteiger partial charge in [-0.2, -0.15) is 0 Å². The van der Waals surface area contributed by atoms with Crippen molar-refractivity contribution in [2.24, 2.45) is 0 Å². The van der Waals surface area contributed by atoms with Crippen LogP contribution in [0, 0.1) is 0 Å². The predicted molar refractivity (Wildman–Crippen MR) is 81.1 cm³/mol. The van der Waals surface area contributed by atoms with Gasteiger partial charge in [0.2, 0.25) is 5.91 Å². The summed E-state index contributed by atoms with van der Waals surface area (Å²) in [6.07, 6.45) is 0. The molecule has 2 amide bonds. The van der Waals surface area contributed by atoms with E-state index in [9.17, 15) is 9.59 Å². The number of para-hydroxylation sites is 1. The summed E-state index contributed by atoms with van der Waals surface area (Å²) in [6, 6.07) is 15.9. The van der Waals surface area contributed by atoms with Crippen LogP contribution in [0.5, 0.6) is 0 Å². The van der Waals surface area contributed by atoms with E-state index >= 15 is 0 Å². The topological polar surface area (TPSA) is 58.2 Å². The standard InChI is InChI=1S/C15H14N2O2S/c18-14(17-12-8-4-5-9-13(12)20)10-16-15(19)11-6-2-1-3-7-11/h1-9,20H,10H2,(H,16,19)(H,17,18). The van der Waals surface area contributed by atoms with Crippen LogP contribution in [0.2, 0.25) is 0 Å². The highest BCUT2D eigenvalue weighted by Gasteiger charge is 2.08. The molecule has 0 unspecified atom stereocenters. The highest BCUT2D eigenvalue weighted by molar-refractivity contribution is 7.80. The average Bonchev–Trinajstić information content (AvgIpc) is 2.48. The maximum absolute atomic E-state index is 11.8. The Bertz CT molecular complexity index is 614. The molecule has 5 heteroatoms. The van der Waals surface area contributed by atoms with Crippen LogP contribution >= 0.6 is 12.6 Å². The summed E-state index contributed by atoms with van der Waals surface area (Å²) < 4.78 is 0. The van der Waals surface area contributed by atoms with Gasteiger partial charge >= 0.3 is 0 Å². The Balaban J connectivity index is 1.87. The normalized spacial score (nSPS) is 9.85. The molecule has 0 saturated heterocycles. The molecule has 0 saturated carbocycles. The van der Waals surface area contributed by atoms with Gasteiger partial charge in [0, 0.05) is 10.5 Å². The summed E-state index contributed by atoms with van der Waals surface area (Å²) in [5.74, 6) is -0.573. The Labute approximate surface area is 122 Å². The first-order chi connectivity index (χ1) is 9.66. The van der Waals surface area contributed by atoms with Crippen molar-refractivity contribution in [1.82, 2.24) is 5.32 Å². The maximum Gasteiger partial charge on any atom is 0.251 e. The molecule has 0 radical (unpaired) electrons. The van der Waals surface area contributed by atoms with Crippen LogP contribution in [0.1, 0.15) is 10.4 Å². The second-order valence-corrected chi connectivity index (χ2v) is 4.60. The molecule has 2 aromatic carbocycles. The molecule has 2 aromatic rings. The van der Waals surface area contributed by atoms with Gasteiger partial charge < -0.3 is 10.6 Å². The van der Waals surface area contributed by atoms with Crippen molar-refractivity contribution < 1.29 is 9.59 Å². The molecule has 102 valence electrons. The van der Waals surface area contributed by atoms with Gasteiger partial charge in [-0.05, 0) is 24.3 Å². The Kier molecular flexibility index (Phi) is 4.79. The molecule has 0 atom stereocenters. The summed E-state index contributed by atoms with van der Waals surface area (Å²) in [5.41, 5.74) is 1.14. The van der Waals surface area contributed by atoms with Gasteiger partial charge in [0.1, 0.15) is 0 Å². The number of carbonyl (C=O) groups excluding carboxylic acids is 2. The van der Waals surface area contributed by atoms with Gasteiger partial charge in [-0.1, -0.05) is 30.3 Å². The number of thiol groups is 1. The number of hydrogen-bond acceptors (Lipinski definition) is 3. The van der Waals surface area contributed by atoms with Crippen LogP contribution in [0.15, 0.2) is 59.5 Å². The van der Waals surface area contributed by atoms with Gasteiger partial charge in [-0.15, -0.1) is 12.6 Å². The Morgan fingerprint density at radius 1 is 0.950 bits per heavy atom. The first kappa shape index (κ1) is 14.1. The van der Waals surface area contributed by atoms with E-state index in [0.29, 0.717) is 16.1 Å². The molecule has 2 N–H and O–H groups in total. The molecular weight excluding hydrogens is 272 g/mol. The molecule has 0 spiro atoms. The first-order valence-corrected chi connectivity index (χ1v) is 6.52. The molecule has 0 fully saturated rings. The van der Waals surface area contributed by atoms with Gasteiger partial charge in [-0.25, -0.2) is 0 Å². The van der Waals surface area contributed by atoms with E-state index in [2.05, 4.69) is 23.3 Å². The average molecular weight is 286 g/mol. The Hall–Kier alpha value is -2.27. The summed E-state index contributed by atoms with van der Waals surface area (Å²) in [7, 11) is 0. The lowest BCUT2D eigenvalue weighted by Crippen LogP contribution is -2.32. The van der Waals surface area contributed by atoms with E-state index in [1.807, 2.05) is 12.1 Å². The third-order valence-corrected chi connectivity index (χ3v) is 3.01. The van der Waals surface area contributed by atoms with Gasteiger partial charge in [0.15, 0.2) is 0 Å². The second kappa shape index (κ2) is 6.77. The van der Waals surface area contributed by atoms with Gasteiger partial charge in [-0.3, -0.25) is 9.59 Å². The number of hydrogen-bond donors (Lipinski definition) is 3. The van der Waals surface area contributed by atoms with Crippen LogP contribution in [-0.4, -0.2) is 18.4 Å². The van der Waals surface area contributed by atoms with Crippen LogP contribution < -0.4 is 10.6 Å². The number of carbonyl (C=O) groups is 2. The van der Waals surface area contributed by atoms with Crippen LogP contribution in [0.3, 0.4) is 0 Å². The number of amides is 2. The van der Waals surface area contributed by atoms with Crippen molar-refractivity contribution in [3.8, 4) is 0 Å². The zero-order valence-electron chi connectivity index (χ0n) is 10.7. The van der Waals surface area contributed by atoms with Gasteiger partial charge in [0.25, 0.3) is 5.91 Å². The molecule has 4 nitrogen and oxygen atoms in total. The van der Waals surface area contributed by atoms with Crippen molar-refractivity contribution in [3.63, 3.8) is 0 Å². The Morgan fingerprint density at radius 3 is 2.30 bits per heavy atom. The zero-order valence-corrected chi connectivity index (χ0v) is 11.6. The van der Waals surface area contributed by atoms with E-state index in [0.717, 1.165) is 0 Å². The molecule has 0 aliphatic rings. The molecule has 2 rings (SSSR count). The third kappa shape index (κ3) is 3.86. The fourth-order valence-corrected chi connectivity index (χ4v) is 1.84. The lowest BCUT2D eigenvalue weighted by Gasteiger charge is -2.08. The monoisotopic (exact) mass is 286 g/mol. The minimum Gasteiger partial charge on any atom is -0.343 e. The van der Waals surface area contributed by atoms with E-state index < -0.39 is 0 Å². The zero-order chi connectivity index (χ0) is 14.4. The smallest absolute Gasteiger partial charge is 0.251 e. The minimum absolute atomic E-state index is 0.0875. The molecular formula is C15H14N2O2S. The molecule has 20 heavy (non-hydrogen) atoms. The SMILES string of the molecule is O=C(CNC(=O)c1ccccc1)Nc1ccccc1S. The number of anilines is 1. The molecule has 0 aromatic heterocycles. The molecule has 0 bridgehead atoms. The first-order valence-electron chi connectivity index (χ1n) is 6.08. The van der Waals surface area contributed by atoms with E-state index in [-0.39, 0.29) is 18.4 Å². The highest BCUT2D eigenvalue weighted by atomic mass is 32.1. The predicted octanol–water partition coefficient (Wildman–Crippen LogP) is 2.34. The van der Waals surface area contributed by atoms with E-state index in [4.69, 9.17) is 0 Å². The summed E-state index contributed by atoms with van der Waals surface area (Å²) in [5, 5.41) is 5.25. The van der Waals surface area contributed by atoms with Crippen LogP contribution in [0.25, 0.3) is 0 Å². The van der Waals surface area contributed by atoms with Crippen molar-refractivity contribution in [1.29, 1.82) is 0 Å². The largest absolute Gasteiger partial charge is 0.343 e. The number of nitrogens with one attached hydrogen (secondary N) is 2. The summed E-state index contributed by atoms with van der Waals surface area (Å²) >= 11 is 4.24. The third-order valence-electron chi connectivity index (χ3n) is 2.62. The minimum atomic E-state index is -0.296. The van der Waals surface area contributed by atoms with Crippen LogP contribution in [-0.2, 0) is 4.79 Å². The molecule has 0 heterocycles. The maximum atomic E-state index is 11.8. The second-order valence-electron chi connectivity index (χ2n) is 4.11. The fourth-order valence-electron chi connectivity index (χ4n) is 1.63. The Morgan fingerprint density at radius 2 is 1.60 bits per heavy atom. The summed E-state index contributed by atoms with van der Waals surface area (Å²) in [4.78, 5) is 24.2. The van der Waals surface area contributed by atoms with Crippen molar-refractivity contribution >= 4 is 30.1 Å². The van der Waals surface area contributed by atoms with Crippen molar-refractivity contribution in [2.45, 2.75) is 4.90 Å². The highest BCUT2D eigenvalue weighted by Crippen LogP contribution is 2.18. The lowest BCUT2D eigenvalue weighted by atomic mass is 10.2.